The molecule has 0 saturated heterocycles. The zero-order valence-electron chi connectivity index (χ0n) is 19.8. The van der Waals surface area contributed by atoms with Crippen molar-refractivity contribution in [2.75, 3.05) is 12.4 Å². The van der Waals surface area contributed by atoms with Crippen molar-refractivity contribution in [2.45, 2.75) is 45.9 Å². The van der Waals surface area contributed by atoms with Crippen molar-refractivity contribution in [2.24, 2.45) is 0 Å². The monoisotopic (exact) mass is 464 g/mol. The van der Waals surface area contributed by atoms with Gasteiger partial charge >= 0.3 is 12.2 Å². The van der Waals surface area contributed by atoms with Crippen molar-refractivity contribution in [3.05, 3.63) is 66.0 Å². The molecule has 0 spiro atoms. The van der Waals surface area contributed by atoms with Crippen LogP contribution in [0.3, 0.4) is 0 Å². The molecule has 2 amide bonds. The number of amides is 2. The molecule has 178 valence electrons. The molecule has 34 heavy (non-hydrogen) atoms. The first kappa shape index (κ1) is 24.6. The summed E-state index contributed by atoms with van der Waals surface area (Å²) in [7, 11) is 1.66. The average Bonchev–Trinajstić information content (AvgIpc) is 2.79. The Labute approximate surface area is 198 Å². The molecule has 10 nitrogen and oxygen atoms in total. The molecular formula is C24H28N6O4. The summed E-state index contributed by atoms with van der Waals surface area (Å²) in [6.45, 7) is 7.45. The van der Waals surface area contributed by atoms with Crippen molar-refractivity contribution in [1.29, 1.82) is 0 Å². The Bertz CT molecular complexity index is 1100. The number of hydrogen-bond acceptors (Lipinski definition) is 8. The molecule has 3 aromatic rings. The Morgan fingerprint density at radius 2 is 1.59 bits per heavy atom. The zero-order chi connectivity index (χ0) is 24.7. The Kier molecular flexibility index (Phi) is 7.72. The van der Waals surface area contributed by atoms with Crippen LogP contribution in [0.15, 0.2) is 54.6 Å². The summed E-state index contributed by atoms with van der Waals surface area (Å²) < 4.78 is 10.7. The summed E-state index contributed by atoms with van der Waals surface area (Å²) in [6, 6.07) is 16.5. The predicted molar refractivity (Wildman–Crippen MR) is 126 cm³/mol. The minimum absolute atomic E-state index is 0.188. The zero-order valence-corrected chi connectivity index (χ0v) is 19.8. The number of aromatic nitrogens is 4. The minimum Gasteiger partial charge on any atom is -0.444 e. The number of nitrogens with one attached hydrogen (secondary N) is 1. The van der Waals surface area contributed by atoms with Crippen LogP contribution in [0.5, 0.6) is 0 Å². The Morgan fingerprint density at radius 3 is 2.18 bits per heavy atom. The highest BCUT2D eigenvalue weighted by molar-refractivity contribution is 5.85. The number of benzene rings is 2. The predicted octanol–water partition coefficient (Wildman–Crippen LogP) is 4.61. The second kappa shape index (κ2) is 10.7. The molecule has 0 bridgehead atoms. The van der Waals surface area contributed by atoms with Crippen molar-refractivity contribution in [1.82, 2.24) is 25.3 Å². The van der Waals surface area contributed by atoms with E-state index < -0.39 is 23.9 Å². The second-order valence-electron chi connectivity index (χ2n) is 8.65. The molecule has 0 fully saturated rings. The van der Waals surface area contributed by atoms with Gasteiger partial charge in [0.25, 0.3) is 0 Å². The molecular weight excluding hydrogens is 436 g/mol. The lowest BCUT2D eigenvalue weighted by molar-refractivity contribution is 0.0635. The van der Waals surface area contributed by atoms with Gasteiger partial charge in [-0.15, -0.1) is 20.4 Å². The summed E-state index contributed by atoms with van der Waals surface area (Å²) in [5.74, 6) is 0.487. The standard InChI is InChI=1S/C24H28N6O4/c1-16(33-23(32)30(5)15-17-9-7-6-8-10-17)20-26-28-21(29-27-20)18-11-13-19(14-12-18)25-22(31)34-24(2,3)4/h6-14,16H,15H2,1-5H3,(H,25,31). The maximum Gasteiger partial charge on any atom is 0.412 e. The van der Waals surface area contributed by atoms with Gasteiger partial charge in [0.05, 0.1) is 0 Å². The van der Waals surface area contributed by atoms with Crippen LogP contribution in [0, 0.1) is 0 Å². The van der Waals surface area contributed by atoms with Crippen molar-refractivity contribution >= 4 is 17.9 Å². The average molecular weight is 465 g/mol. The molecule has 2 aromatic carbocycles. The first-order chi connectivity index (χ1) is 16.1. The smallest absolute Gasteiger partial charge is 0.412 e. The van der Waals surface area contributed by atoms with E-state index in [0.29, 0.717) is 23.6 Å². The molecule has 1 unspecified atom stereocenters. The van der Waals surface area contributed by atoms with Crippen LogP contribution in [-0.4, -0.2) is 50.1 Å². The van der Waals surface area contributed by atoms with E-state index in [1.165, 1.54) is 4.90 Å². The summed E-state index contributed by atoms with van der Waals surface area (Å²) in [4.78, 5) is 25.7. The lowest BCUT2D eigenvalue weighted by Crippen LogP contribution is -2.28. The third-order valence-electron chi connectivity index (χ3n) is 4.50. The van der Waals surface area contributed by atoms with Gasteiger partial charge < -0.3 is 14.4 Å². The van der Waals surface area contributed by atoms with Gasteiger partial charge in [-0.1, -0.05) is 30.3 Å². The highest BCUT2D eigenvalue weighted by Crippen LogP contribution is 2.19. The van der Waals surface area contributed by atoms with E-state index in [1.54, 1.807) is 59.0 Å². The molecule has 0 aliphatic carbocycles. The third-order valence-corrected chi connectivity index (χ3v) is 4.50. The van der Waals surface area contributed by atoms with Gasteiger partial charge in [-0.05, 0) is 57.5 Å². The van der Waals surface area contributed by atoms with Crippen LogP contribution >= 0.6 is 0 Å². The molecule has 1 atom stereocenters. The van der Waals surface area contributed by atoms with E-state index in [2.05, 4.69) is 25.7 Å². The number of ether oxygens (including phenoxy) is 2. The van der Waals surface area contributed by atoms with Gasteiger partial charge in [-0.2, -0.15) is 0 Å². The molecule has 10 heteroatoms. The van der Waals surface area contributed by atoms with E-state index in [1.807, 2.05) is 30.3 Å². The van der Waals surface area contributed by atoms with E-state index in [0.717, 1.165) is 5.56 Å². The Morgan fingerprint density at radius 1 is 0.971 bits per heavy atom. The molecule has 0 aliphatic heterocycles. The van der Waals surface area contributed by atoms with E-state index in [9.17, 15) is 9.59 Å². The first-order valence-corrected chi connectivity index (χ1v) is 10.7. The quantitative estimate of drug-likeness (QED) is 0.562. The van der Waals surface area contributed by atoms with Crippen molar-refractivity contribution < 1.29 is 19.1 Å². The summed E-state index contributed by atoms with van der Waals surface area (Å²) >= 11 is 0. The lowest BCUT2D eigenvalue weighted by Gasteiger charge is -2.19. The molecule has 1 N–H and O–H groups in total. The maximum atomic E-state index is 12.4. The van der Waals surface area contributed by atoms with Gasteiger partial charge in [-0.3, -0.25) is 5.32 Å². The number of rotatable bonds is 6. The summed E-state index contributed by atoms with van der Waals surface area (Å²) in [5, 5.41) is 18.9. The van der Waals surface area contributed by atoms with Crippen LogP contribution < -0.4 is 5.32 Å². The minimum atomic E-state index is -0.722. The van der Waals surface area contributed by atoms with Gasteiger partial charge in [0, 0.05) is 24.8 Å². The number of carbonyl (C=O) groups is 2. The number of anilines is 1. The van der Waals surface area contributed by atoms with Gasteiger partial charge in [0.2, 0.25) is 11.6 Å². The van der Waals surface area contributed by atoms with Crippen molar-refractivity contribution in [3.8, 4) is 11.4 Å². The topological polar surface area (TPSA) is 119 Å². The van der Waals surface area contributed by atoms with Gasteiger partial charge in [0.1, 0.15) is 5.60 Å². The fraction of sp³-hybridized carbons (Fsp3) is 0.333. The summed E-state index contributed by atoms with van der Waals surface area (Å²) in [6.07, 6.45) is -1.76. The second-order valence-corrected chi connectivity index (χ2v) is 8.65. The fourth-order valence-corrected chi connectivity index (χ4v) is 2.86. The van der Waals surface area contributed by atoms with Crippen LogP contribution in [-0.2, 0) is 16.0 Å². The number of nitrogens with zero attached hydrogens (tertiary/aromatic N) is 5. The Balaban J connectivity index is 1.56. The van der Waals surface area contributed by atoms with Gasteiger partial charge in [-0.25, -0.2) is 9.59 Å². The van der Waals surface area contributed by atoms with Crippen LogP contribution in [0.1, 0.15) is 45.2 Å². The first-order valence-electron chi connectivity index (χ1n) is 10.7. The Hall–Kier alpha value is -4.08. The molecule has 0 saturated carbocycles. The van der Waals surface area contributed by atoms with Crippen LogP contribution in [0.2, 0.25) is 0 Å². The van der Waals surface area contributed by atoms with Crippen LogP contribution in [0.25, 0.3) is 11.4 Å². The van der Waals surface area contributed by atoms with Crippen molar-refractivity contribution in [3.63, 3.8) is 0 Å². The SMILES string of the molecule is CC(OC(=O)N(C)Cc1ccccc1)c1nnc(-c2ccc(NC(=O)OC(C)(C)C)cc2)nn1. The maximum absolute atomic E-state index is 12.4. The third kappa shape index (κ3) is 7.22. The molecule has 1 aromatic heterocycles. The van der Waals surface area contributed by atoms with Gasteiger partial charge in [0.15, 0.2) is 6.10 Å². The molecule has 0 radical (unpaired) electrons. The molecule has 1 heterocycles. The van der Waals surface area contributed by atoms with E-state index in [4.69, 9.17) is 9.47 Å². The molecule has 0 aliphatic rings. The lowest BCUT2D eigenvalue weighted by atomic mass is 10.2. The molecule has 3 rings (SSSR count). The highest BCUT2D eigenvalue weighted by atomic mass is 16.6. The highest BCUT2D eigenvalue weighted by Gasteiger charge is 2.20. The largest absolute Gasteiger partial charge is 0.444 e. The fourth-order valence-electron chi connectivity index (χ4n) is 2.86. The number of carbonyl (C=O) groups excluding carboxylic acids is 2. The normalized spacial score (nSPS) is 11.9. The number of hydrogen-bond donors (Lipinski definition) is 1. The van der Waals surface area contributed by atoms with E-state index >= 15 is 0 Å². The van der Waals surface area contributed by atoms with Crippen LogP contribution in [0.4, 0.5) is 15.3 Å². The van der Waals surface area contributed by atoms with E-state index in [-0.39, 0.29) is 5.82 Å². The summed E-state index contributed by atoms with van der Waals surface area (Å²) in [5.41, 5.74) is 1.63.